The van der Waals surface area contributed by atoms with Crippen LogP contribution in [0.2, 0.25) is 0 Å². The number of carbonyl (C=O) groups excluding carboxylic acids is 1. The minimum absolute atomic E-state index is 0.124. The van der Waals surface area contributed by atoms with Crippen LogP contribution in [-0.4, -0.2) is 5.91 Å². The third-order valence-corrected chi connectivity index (χ3v) is 3.08. The quantitative estimate of drug-likeness (QED) is 0.725. The van der Waals surface area contributed by atoms with Gasteiger partial charge in [-0.25, -0.2) is 4.79 Å². The molecule has 3 aromatic rings. The van der Waals surface area contributed by atoms with Crippen LogP contribution in [-0.2, 0) is 0 Å². The maximum absolute atomic E-state index is 12.2. The standard InChI is InChI=1S/C17H13NO2/c1-12-11-15(14-9-5-6-10-16(14)20-12)18-17(19)13-7-3-2-4-8-13/h2-11H,1H3/p+1. The lowest BCUT2D eigenvalue weighted by Gasteiger charge is -1.97. The molecule has 0 spiro atoms. The summed E-state index contributed by atoms with van der Waals surface area (Å²) in [6.45, 7) is 1.87. The Bertz CT molecular complexity index is 832. The average Bonchev–Trinajstić information content (AvgIpc) is 2.48. The molecule has 3 nitrogen and oxygen atoms in total. The third-order valence-electron chi connectivity index (χ3n) is 3.08. The fraction of sp³-hybridized carbons (Fsp3) is 0.0588. The van der Waals surface area contributed by atoms with Gasteiger partial charge in [-0.15, -0.1) is 0 Å². The smallest absolute Gasteiger partial charge is 0.418 e. The molecule has 2 aromatic carbocycles. The number of amides is 1. The van der Waals surface area contributed by atoms with Gasteiger partial charge in [0.25, 0.3) is 0 Å². The van der Waals surface area contributed by atoms with Crippen molar-refractivity contribution in [1.82, 2.24) is 0 Å². The molecule has 1 aromatic heterocycles. The van der Waals surface area contributed by atoms with Gasteiger partial charge in [0.1, 0.15) is 11.3 Å². The van der Waals surface area contributed by atoms with Gasteiger partial charge in [-0.1, -0.05) is 30.3 Å². The van der Waals surface area contributed by atoms with Crippen molar-refractivity contribution in [2.75, 3.05) is 0 Å². The summed E-state index contributed by atoms with van der Waals surface area (Å²) in [6, 6.07) is 18.6. The Morgan fingerprint density at radius 1 is 1.00 bits per heavy atom. The first-order valence-electron chi connectivity index (χ1n) is 6.43. The molecule has 0 aliphatic heterocycles. The number of carbonyl (C=O) groups is 1. The predicted octanol–water partition coefficient (Wildman–Crippen LogP) is 1.56. The van der Waals surface area contributed by atoms with E-state index in [1.807, 2.05) is 55.5 Å². The molecule has 20 heavy (non-hydrogen) atoms. The summed E-state index contributed by atoms with van der Waals surface area (Å²) in [4.78, 5) is 15.2. The van der Waals surface area contributed by atoms with Gasteiger partial charge in [0, 0.05) is 6.07 Å². The van der Waals surface area contributed by atoms with Crippen LogP contribution in [0.25, 0.3) is 11.0 Å². The molecule has 0 fully saturated rings. The highest BCUT2D eigenvalue weighted by Crippen LogP contribution is 2.09. The van der Waals surface area contributed by atoms with E-state index < -0.39 is 0 Å². The molecule has 0 saturated carbocycles. The van der Waals surface area contributed by atoms with Gasteiger partial charge in [-0.2, -0.15) is 4.99 Å². The molecular weight excluding hydrogens is 250 g/mol. The second kappa shape index (κ2) is 5.13. The van der Waals surface area contributed by atoms with Crippen molar-refractivity contribution in [2.24, 2.45) is 0 Å². The highest BCUT2D eigenvalue weighted by atomic mass is 16.3. The summed E-state index contributed by atoms with van der Waals surface area (Å²) in [5, 5.41) is 1.65. The number of aryl methyl sites for hydroxylation is 1. The van der Waals surface area contributed by atoms with E-state index in [0.717, 1.165) is 22.1 Å². The molecule has 3 heteroatoms. The van der Waals surface area contributed by atoms with Crippen molar-refractivity contribution < 1.29 is 14.2 Å². The largest absolute Gasteiger partial charge is 0.461 e. The Hall–Kier alpha value is -2.68. The molecule has 0 bridgehead atoms. The fourth-order valence-electron chi connectivity index (χ4n) is 2.15. The van der Waals surface area contributed by atoms with Crippen LogP contribution in [0.5, 0.6) is 0 Å². The van der Waals surface area contributed by atoms with Crippen LogP contribution in [0.1, 0.15) is 16.1 Å². The Morgan fingerprint density at radius 3 is 2.50 bits per heavy atom. The molecule has 0 atom stereocenters. The Balaban J connectivity index is 2.19. The van der Waals surface area contributed by atoms with E-state index >= 15 is 0 Å². The van der Waals surface area contributed by atoms with Crippen LogP contribution >= 0.6 is 0 Å². The molecule has 1 heterocycles. The van der Waals surface area contributed by atoms with Gasteiger partial charge in [0.05, 0.1) is 10.9 Å². The van der Waals surface area contributed by atoms with E-state index in [-0.39, 0.29) is 5.91 Å². The lowest BCUT2D eigenvalue weighted by Crippen LogP contribution is -2.80. The van der Waals surface area contributed by atoms with Gasteiger partial charge < -0.3 is 4.42 Å². The van der Waals surface area contributed by atoms with Crippen molar-refractivity contribution in [2.45, 2.75) is 6.92 Å². The lowest BCUT2D eigenvalue weighted by atomic mass is 10.2. The topological polar surface area (TPSA) is 44.2 Å². The highest BCUT2D eigenvalue weighted by molar-refractivity contribution is 5.86. The monoisotopic (exact) mass is 264 g/mol. The number of nitrogens with one attached hydrogen (secondary N) is 1. The SMILES string of the molecule is Cc1cc(=[NH+]C(=O)c2ccccc2)c2ccccc2o1. The van der Waals surface area contributed by atoms with Crippen LogP contribution in [0.4, 0.5) is 0 Å². The van der Waals surface area contributed by atoms with Crippen LogP contribution in [0.3, 0.4) is 0 Å². The first-order chi connectivity index (χ1) is 9.74. The lowest BCUT2D eigenvalue weighted by molar-refractivity contribution is -0.389. The van der Waals surface area contributed by atoms with Crippen molar-refractivity contribution in [3.05, 3.63) is 77.3 Å². The molecule has 1 amide bonds. The molecule has 0 aliphatic carbocycles. The third kappa shape index (κ3) is 2.38. The number of para-hydroxylation sites is 1. The van der Waals surface area contributed by atoms with Crippen LogP contribution in [0, 0.1) is 6.92 Å². The summed E-state index contributed by atoms with van der Waals surface area (Å²) in [7, 11) is 0. The van der Waals surface area contributed by atoms with Crippen molar-refractivity contribution in [1.29, 1.82) is 0 Å². The number of rotatable bonds is 1. The van der Waals surface area contributed by atoms with Crippen LogP contribution in [0.15, 0.2) is 65.1 Å². The van der Waals surface area contributed by atoms with Gasteiger partial charge in [-0.05, 0) is 31.2 Å². The first-order valence-corrected chi connectivity index (χ1v) is 6.43. The normalized spacial score (nSPS) is 11.8. The number of hydrogen-bond acceptors (Lipinski definition) is 2. The Morgan fingerprint density at radius 2 is 1.70 bits per heavy atom. The zero-order valence-corrected chi connectivity index (χ0v) is 11.1. The maximum Gasteiger partial charge on any atom is 0.418 e. The minimum Gasteiger partial charge on any atom is -0.461 e. The first kappa shape index (κ1) is 12.4. The van der Waals surface area contributed by atoms with E-state index in [2.05, 4.69) is 4.99 Å². The second-order valence-corrected chi connectivity index (χ2v) is 4.59. The molecule has 3 rings (SSSR count). The highest BCUT2D eigenvalue weighted by Gasteiger charge is 2.11. The van der Waals surface area contributed by atoms with Crippen molar-refractivity contribution >= 4 is 16.9 Å². The van der Waals surface area contributed by atoms with E-state index in [1.165, 1.54) is 0 Å². The second-order valence-electron chi connectivity index (χ2n) is 4.59. The summed E-state index contributed by atoms with van der Waals surface area (Å²) in [5.74, 6) is 0.633. The molecule has 0 unspecified atom stereocenters. The molecule has 98 valence electrons. The molecule has 0 radical (unpaired) electrons. The summed E-state index contributed by atoms with van der Waals surface area (Å²) < 4.78 is 5.64. The summed E-state index contributed by atoms with van der Waals surface area (Å²) in [5.41, 5.74) is 1.39. The van der Waals surface area contributed by atoms with Gasteiger partial charge in [0.2, 0.25) is 5.36 Å². The van der Waals surface area contributed by atoms with Gasteiger partial charge in [-0.3, -0.25) is 0 Å². The van der Waals surface area contributed by atoms with Gasteiger partial charge >= 0.3 is 5.91 Å². The zero-order valence-electron chi connectivity index (χ0n) is 11.1. The fourth-order valence-corrected chi connectivity index (χ4v) is 2.15. The predicted molar refractivity (Wildman–Crippen MR) is 75.8 cm³/mol. The minimum atomic E-state index is -0.124. The summed E-state index contributed by atoms with van der Waals surface area (Å²) >= 11 is 0. The Labute approximate surface area is 116 Å². The average molecular weight is 264 g/mol. The summed E-state index contributed by atoms with van der Waals surface area (Å²) in [6.07, 6.45) is 0. The van der Waals surface area contributed by atoms with Crippen molar-refractivity contribution in [3.63, 3.8) is 0 Å². The van der Waals surface area contributed by atoms with Crippen LogP contribution < -0.4 is 10.3 Å². The van der Waals surface area contributed by atoms with E-state index in [4.69, 9.17) is 4.42 Å². The number of benzene rings is 2. The molecule has 0 aliphatic rings. The van der Waals surface area contributed by atoms with E-state index in [1.54, 1.807) is 12.1 Å². The number of fused-ring (bicyclic) bond motifs is 1. The van der Waals surface area contributed by atoms with Gasteiger partial charge in [0.15, 0.2) is 0 Å². The van der Waals surface area contributed by atoms with E-state index in [9.17, 15) is 4.79 Å². The number of hydrogen-bond donors (Lipinski definition) is 1. The molecule has 1 N–H and O–H groups in total. The zero-order chi connectivity index (χ0) is 13.9. The maximum atomic E-state index is 12.2. The van der Waals surface area contributed by atoms with E-state index in [0.29, 0.717) is 5.56 Å². The molecular formula is C17H14NO2+. The van der Waals surface area contributed by atoms with Crippen molar-refractivity contribution in [3.8, 4) is 0 Å². The Kier molecular flexibility index (Phi) is 3.17. The molecule has 0 saturated heterocycles.